The second-order valence-corrected chi connectivity index (χ2v) is 6.92. The molecule has 1 aliphatic heterocycles. The molecule has 0 spiro atoms. The fourth-order valence-electron chi connectivity index (χ4n) is 2.72. The number of ketones is 1. The molecule has 0 bridgehead atoms. The predicted molar refractivity (Wildman–Crippen MR) is 66.1 cm³/mol. The molecule has 0 aromatic carbocycles. The highest BCUT2D eigenvalue weighted by molar-refractivity contribution is 8.00. The quantitative estimate of drug-likeness (QED) is 0.734. The van der Waals surface area contributed by atoms with Gasteiger partial charge in [-0.1, -0.05) is 20.8 Å². The van der Waals surface area contributed by atoms with E-state index in [-0.39, 0.29) is 0 Å². The van der Waals surface area contributed by atoms with Crippen LogP contribution in [0.4, 0.5) is 0 Å². The molecular formula is C13H22OS. The van der Waals surface area contributed by atoms with E-state index in [2.05, 4.69) is 20.8 Å². The van der Waals surface area contributed by atoms with Crippen molar-refractivity contribution in [3.05, 3.63) is 0 Å². The summed E-state index contributed by atoms with van der Waals surface area (Å²) in [6.45, 7) is 7.00. The van der Waals surface area contributed by atoms with Gasteiger partial charge < -0.3 is 0 Å². The van der Waals surface area contributed by atoms with Crippen LogP contribution in [0.25, 0.3) is 0 Å². The Morgan fingerprint density at radius 2 is 2.13 bits per heavy atom. The molecule has 2 aliphatic rings. The molecule has 2 rings (SSSR count). The van der Waals surface area contributed by atoms with E-state index in [1.807, 2.05) is 11.8 Å². The molecule has 1 nitrogen and oxygen atoms in total. The number of hydrogen-bond donors (Lipinski definition) is 0. The van der Waals surface area contributed by atoms with E-state index >= 15 is 0 Å². The van der Waals surface area contributed by atoms with Crippen molar-refractivity contribution in [3.63, 3.8) is 0 Å². The van der Waals surface area contributed by atoms with Crippen LogP contribution >= 0.6 is 11.8 Å². The molecule has 0 amide bonds. The maximum Gasteiger partial charge on any atom is 0.146 e. The number of thioether (sulfide) groups is 1. The molecular weight excluding hydrogens is 204 g/mol. The number of carbonyl (C=O) groups is 1. The van der Waals surface area contributed by atoms with Gasteiger partial charge >= 0.3 is 0 Å². The Bertz CT molecular complexity index is 249. The third kappa shape index (κ3) is 2.41. The van der Waals surface area contributed by atoms with E-state index in [1.54, 1.807) is 0 Å². The zero-order valence-electron chi connectivity index (χ0n) is 10.0. The van der Waals surface area contributed by atoms with E-state index in [0.717, 1.165) is 30.1 Å². The van der Waals surface area contributed by atoms with Gasteiger partial charge in [-0.15, -0.1) is 0 Å². The third-order valence-corrected chi connectivity index (χ3v) is 5.87. The fraction of sp³-hybridized carbons (Fsp3) is 0.923. The highest BCUT2D eigenvalue weighted by Crippen LogP contribution is 2.45. The van der Waals surface area contributed by atoms with Crippen molar-refractivity contribution >= 4 is 17.5 Å². The van der Waals surface area contributed by atoms with Crippen LogP contribution in [-0.4, -0.2) is 16.8 Å². The average molecular weight is 226 g/mol. The number of rotatable bonds is 3. The molecule has 1 saturated heterocycles. The van der Waals surface area contributed by atoms with Crippen LogP contribution in [0.2, 0.25) is 0 Å². The topological polar surface area (TPSA) is 17.1 Å². The van der Waals surface area contributed by atoms with E-state index in [9.17, 15) is 4.79 Å². The van der Waals surface area contributed by atoms with E-state index in [4.69, 9.17) is 0 Å². The Balaban J connectivity index is 1.79. The Morgan fingerprint density at radius 3 is 2.67 bits per heavy atom. The molecule has 1 saturated carbocycles. The van der Waals surface area contributed by atoms with Gasteiger partial charge in [-0.05, 0) is 42.3 Å². The molecule has 1 aliphatic carbocycles. The van der Waals surface area contributed by atoms with Gasteiger partial charge in [0.2, 0.25) is 0 Å². The van der Waals surface area contributed by atoms with Crippen molar-refractivity contribution in [2.24, 2.45) is 23.7 Å². The summed E-state index contributed by atoms with van der Waals surface area (Å²) >= 11 is 1.93. The van der Waals surface area contributed by atoms with Gasteiger partial charge in [-0.25, -0.2) is 0 Å². The molecule has 0 N–H and O–H groups in total. The van der Waals surface area contributed by atoms with Crippen LogP contribution in [0.5, 0.6) is 0 Å². The first-order valence-corrected chi connectivity index (χ1v) is 7.27. The largest absolute Gasteiger partial charge is 0.298 e. The molecule has 0 aromatic heterocycles. The lowest BCUT2D eigenvalue weighted by molar-refractivity contribution is -0.126. The van der Waals surface area contributed by atoms with Crippen LogP contribution in [0, 0.1) is 23.7 Å². The molecule has 1 heterocycles. The van der Waals surface area contributed by atoms with Gasteiger partial charge in [0.15, 0.2) is 0 Å². The van der Waals surface area contributed by atoms with Crippen LogP contribution < -0.4 is 0 Å². The first-order valence-electron chi connectivity index (χ1n) is 6.22. The summed E-state index contributed by atoms with van der Waals surface area (Å²) in [5.41, 5.74) is 0. The average Bonchev–Trinajstić information content (AvgIpc) is 2.16. The van der Waals surface area contributed by atoms with E-state index in [1.165, 1.54) is 18.6 Å². The molecule has 3 unspecified atom stereocenters. The second kappa shape index (κ2) is 4.48. The van der Waals surface area contributed by atoms with Crippen LogP contribution in [0.1, 0.15) is 40.0 Å². The smallest absolute Gasteiger partial charge is 0.146 e. The summed E-state index contributed by atoms with van der Waals surface area (Å²) in [5, 5.41) is 0.399. The lowest BCUT2D eigenvalue weighted by atomic mass is 9.74. The standard InChI is InChI=1S/C13H22OS/c1-8(2)9(3)4-10-5-11-6-12(14)13(11)15-7-10/h8-11,13H,4-7H2,1-3H3/t9?,10?,11-,13?/m0/s1. The van der Waals surface area contributed by atoms with Crippen molar-refractivity contribution in [2.75, 3.05) is 5.75 Å². The summed E-state index contributed by atoms with van der Waals surface area (Å²) < 4.78 is 0. The first-order chi connectivity index (χ1) is 7.08. The van der Waals surface area contributed by atoms with Crippen molar-refractivity contribution < 1.29 is 4.79 Å². The monoisotopic (exact) mass is 226 g/mol. The fourth-order valence-corrected chi connectivity index (χ4v) is 4.23. The zero-order valence-corrected chi connectivity index (χ0v) is 10.8. The highest BCUT2D eigenvalue weighted by Gasteiger charge is 2.44. The summed E-state index contributed by atoms with van der Waals surface area (Å²) in [6, 6.07) is 0. The maximum atomic E-state index is 11.3. The summed E-state index contributed by atoms with van der Waals surface area (Å²) in [6.07, 6.45) is 3.56. The van der Waals surface area contributed by atoms with Crippen molar-refractivity contribution in [2.45, 2.75) is 45.3 Å². The molecule has 0 aromatic rings. The summed E-state index contributed by atoms with van der Waals surface area (Å²) in [7, 11) is 0. The SMILES string of the molecule is CC(C)C(C)CC1CSC2C(=O)C[C@@H]2C1. The normalized spacial score (nSPS) is 37.3. The minimum atomic E-state index is 0.399. The first kappa shape index (κ1) is 11.5. The molecule has 2 heteroatoms. The van der Waals surface area contributed by atoms with Crippen LogP contribution in [-0.2, 0) is 4.79 Å². The minimum Gasteiger partial charge on any atom is -0.298 e. The molecule has 0 radical (unpaired) electrons. The third-order valence-electron chi connectivity index (χ3n) is 4.20. The summed E-state index contributed by atoms with van der Waals surface area (Å²) in [4.78, 5) is 11.3. The van der Waals surface area contributed by atoms with E-state index < -0.39 is 0 Å². The maximum absolute atomic E-state index is 11.3. The van der Waals surface area contributed by atoms with E-state index in [0.29, 0.717) is 11.0 Å². The molecule has 86 valence electrons. The van der Waals surface area contributed by atoms with Gasteiger partial charge in [0.05, 0.1) is 5.25 Å². The lowest BCUT2D eigenvalue weighted by Gasteiger charge is -2.42. The number of Topliss-reactive ketones (excluding diaryl/α,β-unsaturated/α-hetero) is 1. The van der Waals surface area contributed by atoms with Crippen LogP contribution in [0.15, 0.2) is 0 Å². The Labute approximate surface area is 97.4 Å². The van der Waals surface area contributed by atoms with Gasteiger partial charge in [0.25, 0.3) is 0 Å². The number of fused-ring (bicyclic) bond motifs is 1. The van der Waals surface area contributed by atoms with Gasteiger partial charge in [0, 0.05) is 6.42 Å². The minimum absolute atomic E-state index is 0.399. The second-order valence-electron chi connectivity index (χ2n) is 5.74. The zero-order chi connectivity index (χ0) is 11.0. The molecule has 2 fully saturated rings. The predicted octanol–water partition coefficient (Wildman–Crippen LogP) is 3.38. The van der Waals surface area contributed by atoms with Gasteiger partial charge in [-0.3, -0.25) is 4.79 Å². The molecule has 15 heavy (non-hydrogen) atoms. The van der Waals surface area contributed by atoms with Crippen molar-refractivity contribution in [1.29, 1.82) is 0 Å². The molecule has 4 atom stereocenters. The Kier molecular flexibility index (Phi) is 3.44. The number of hydrogen-bond acceptors (Lipinski definition) is 2. The summed E-state index contributed by atoms with van der Waals surface area (Å²) in [5.74, 6) is 4.99. The number of carbonyl (C=O) groups excluding carboxylic acids is 1. The highest BCUT2D eigenvalue weighted by atomic mass is 32.2. The van der Waals surface area contributed by atoms with Crippen molar-refractivity contribution in [3.8, 4) is 0 Å². The Hall–Kier alpha value is 0.0200. The van der Waals surface area contributed by atoms with Gasteiger partial charge in [-0.2, -0.15) is 11.8 Å². The lowest BCUT2D eigenvalue weighted by Crippen LogP contribution is -2.45. The van der Waals surface area contributed by atoms with Crippen molar-refractivity contribution in [1.82, 2.24) is 0 Å². The van der Waals surface area contributed by atoms with Gasteiger partial charge in [0.1, 0.15) is 5.78 Å². The van der Waals surface area contributed by atoms with Crippen LogP contribution in [0.3, 0.4) is 0 Å². The Morgan fingerprint density at radius 1 is 1.40 bits per heavy atom.